The molecule has 0 aliphatic heterocycles. The summed E-state index contributed by atoms with van der Waals surface area (Å²) in [4.78, 5) is 11.6. The molecule has 2 N–H and O–H groups in total. The molecule has 4 heteroatoms. The van der Waals surface area contributed by atoms with Crippen molar-refractivity contribution in [1.82, 2.24) is 5.32 Å². The molecule has 2 atom stereocenters. The smallest absolute Gasteiger partial charge is 0.407 e. The van der Waals surface area contributed by atoms with Gasteiger partial charge in [-0.1, -0.05) is 13.8 Å². The molecule has 0 aromatic rings. The van der Waals surface area contributed by atoms with Crippen molar-refractivity contribution in [1.29, 1.82) is 0 Å². The third-order valence-electron chi connectivity index (χ3n) is 3.22. The van der Waals surface area contributed by atoms with E-state index in [2.05, 4.69) is 19.2 Å². The number of carbonyl (C=O) groups excluding carboxylic acids is 1. The molecule has 1 rings (SSSR count). The summed E-state index contributed by atoms with van der Waals surface area (Å²) >= 11 is 0. The van der Waals surface area contributed by atoms with Gasteiger partial charge in [-0.3, -0.25) is 0 Å². The summed E-state index contributed by atoms with van der Waals surface area (Å²) in [6, 6.07) is 0. The van der Waals surface area contributed by atoms with E-state index >= 15 is 0 Å². The van der Waals surface area contributed by atoms with Crippen LogP contribution in [0.4, 0.5) is 4.79 Å². The number of carbonyl (C=O) groups is 1. The fourth-order valence-electron chi connectivity index (χ4n) is 2.93. The minimum absolute atomic E-state index is 0.274. The van der Waals surface area contributed by atoms with Crippen molar-refractivity contribution >= 4 is 6.09 Å². The second-order valence-corrected chi connectivity index (χ2v) is 6.93. The van der Waals surface area contributed by atoms with Crippen LogP contribution < -0.4 is 5.32 Å². The van der Waals surface area contributed by atoms with E-state index in [1.807, 2.05) is 20.8 Å². The van der Waals surface area contributed by atoms with Gasteiger partial charge in [-0.25, -0.2) is 4.79 Å². The van der Waals surface area contributed by atoms with E-state index in [0.29, 0.717) is 11.8 Å². The quantitative estimate of drug-likeness (QED) is 0.799. The Labute approximate surface area is 110 Å². The van der Waals surface area contributed by atoms with Gasteiger partial charge in [-0.15, -0.1) is 0 Å². The zero-order chi connectivity index (χ0) is 14.0. The lowest BCUT2D eigenvalue weighted by atomic mass is 9.74. The van der Waals surface area contributed by atoms with Crippen LogP contribution >= 0.6 is 0 Å². The molecular weight excluding hydrogens is 230 g/mol. The highest BCUT2D eigenvalue weighted by molar-refractivity contribution is 5.67. The van der Waals surface area contributed by atoms with Crippen LogP contribution in [0.5, 0.6) is 0 Å². The first kappa shape index (κ1) is 15.3. The number of aliphatic hydroxyl groups is 1. The van der Waals surface area contributed by atoms with E-state index < -0.39 is 17.3 Å². The van der Waals surface area contributed by atoms with Gasteiger partial charge in [0.15, 0.2) is 0 Å². The van der Waals surface area contributed by atoms with Crippen molar-refractivity contribution in [2.24, 2.45) is 11.8 Å². The summed E-state index contributed by atoms with van der Waals surface area (Å²) in [5, 5.41) is 13.2. The van der Waals surface area contributed by atoms with Gasteiger partial charge in [-0.05, 0) is 51.9 Å². The maximum absolute atomic E-state index is 11.6. The Morgan fingerprint density at radius 1 is 1.33 bits per heavy atom. The van der Waals surface area contributed by atoms with Crippen LogP contribution in [0.1, 0.15) is 53.9 Å². The lowest BCUT2D eigenvalue weighted by Gasteiger charge is -2.39. The first-order valence-corrected chi connectivity index (χ1v) is 6.79. The Balaban J connectivity index is 2.44. The number of ether oxygens (including phenoxy) is 1. The molecule has 2 unspecified atom stereocenters. The second kappa shape index (κ2) is 5.47. The Bertz CT molecular complexity index is 286. The zero-order valence-corrected chi connectivity index (χ0v) is 12.2. The molecule has 1 amide bonds. The van der Waals surface area contributed by atoms with Crippen molar-refractivity contribution in [2.45, 2.75) is 65.1 Å². The van der Waals surface area contributed by atoms with Gasteiger partial charge < -0.3 is 15.2 Å². The van der Waals surface area contributed by atoms with Crippen molar-refractivity contribution < 1.29 is 14.6 Å². The summed E-state index contributed by atoms with van der Waals surface area (Å²) in [7, 11) is 0. The third kappa shape index (κ3) is 5.25. The number of rotatable bonds is 2. The minimum atomic E-state index is -0.784. The van der Waals surface area contributed by atoms with Crippen LogP contribution in [-0.4, -0.2) is 28.9 Å². The van der Waals surface area contributed by atoms with Crippen LogP contribution in [0.2, 0.25) is 0 Å². The Hall–Kier alpha value is -0.770. The predicted octanol–water partition coefficient (Wildman–Crippen LogP) is 2.70. The molecule has 1 aliphatic rings. The first-order chi connectivity index (χ1) is 8.10. The number of alkyl carbamates (subject to hydrolysis) is 1. The summed E-state index contributed by atoms with van der Waals surface area (Å²) in [5.41, 5.74) is -1.28. The van der Waals surface area contributed by atoms with Crippen molar-refractivity contribution in [3.05, 3.63) is 0 Å². The molecule has 18 heavy (non-hydrogen) atoms. The first-order valence-electron chi connectivity index (χ1n) is 6.79. The molecular formula is C14H27NO3. The summed E-state index contributed by atoms with van der Waals surface area (Å²) in [6.07, 6.45) is 2.18. The SMILES string of the molecule is CC1CC(C)CC(O)(CNC(=O)OC(C)(C)C)C1. The normalized spacial score (nSPS) is 33.0. The van der Waals surface area contributed by atoms with Crippen LogP contribution in [0, 0.1) is 11.8 Å². The largest absolute Gasteiger partial charge is 0.444 e. The fraction of sp³-hybridized carbons (Fsp3) is 0.929. The van der Waals surface area contributed by atoms with Gasteiger partial charge >= 0.3 is 6.09 Å². The van der Waals surface area contributed by atoms with Crippen LogP contribution in [0.25, 0.3) is 0 Å². The van der Waals surface area contributed by atoms with Crippen LogP contribution in [0.3, 0.4) is 0 Å². The highest BCUT2D eigenvalue weighted by Crippen LogP contribution is 2.35. The van der Waals surface area contributed by atoms with E-state index in [1.54, 1.807) is 0 Å². The van der Waals surface area contributed by atoms with Gasteiger partial charge in [0.2, 0.25) is 0 Å². The highest BCUT2D eigenvalue weighted by atomic mass is 16.6. The van der Waals surface area contributed by atoms with Gasteiger partial charge in [-0.2, -0.15) is 0 Å². The Morgan fingerprint density at radius 3 is 2.28 bits per heavy atom. The lowest BCUT2D eigenvalue weighted by molar-refractivity contribution is -0.0320. The number of hydrogen-bond acceptors (Lipinski definition) is 3. The van der Waals surface area contributed by atoms with E-state index in [4.69, 9.17) is 4.74 Å². The summed E-state index contributed by atoms with van der Waals surface area (Å²) < 4.78 is 5.17. The fourth-order valence-corrected chi connectivity index (χ4v) is 2.93. The van der Waals surface area contributed by atoms with Crippen molar-refractivity contribution in [3.8, 4) is 0 Å². The highest BCUT2D eigenvalue weighted by Gasteiger charge is 2.36. The average molecular weight is 257 g/mol. The molecule has 0 heterocycles. The molecule has 0 radical (unpaired) electrons. The Morgan fingerprint density at radius 2 is 1.83 bits per heavy atom. The van der Waals surface area contributed by atoms with E-state index in [0.717, 1.165) is 19.3 Å². The van der Waals surface area contributed by atoms with Gasteiger partial charge in [0.05, 0.1) is 5.60 Å². The average Bonchev–Trinajstić information content (AvgIpc) is 2.09. The van der Waals surface area contributed by atoms with Crippen LogP contribution in [-0.2, 0) is 4.74 Å². The van der Waals surface area contributed by atoms with Crippen molar-refractivity contribution in [2.75, 3.05) is 6.54 Å². The topological polar surface area (TPSA) is 58.6 Å². The van der Waals surface area contributed by atoms with Gasteiger partial charge in [0.25, 0.3) is 0 Å². The van der Waals surface area contributed by atoms with E-state index in [-0.39, 0.29) is 6.54 Å². The van der Waals surface area contributed by atoms with Crippen molar-refractivity contribution in [3.63, 3.8) is 0 Å². The lowest BCUT2D eigenvalue weighted by Crippen LogP contribution is -2.48. The van der Waals surface area contributed by atoms with Gasteiger partial charge in [0.1, 0.15) is 5.60 Å². The number of amides is 1. The number of hydrogen-bond donors (Lipinski definition) is 2. The van der Waals surface area contributed by atoms with Crippen LogP contribution in [0.15, 0.2) is 0 Å². The molecule has 1 aliphatic carbocycles. The zero-order valence-electron chi connectivity index (χ0n) is 12.2. The summed E-state index contributed by atoms with van der Waals surface area (Å²) in [6.45, 7) is 10.0. The maximum Gasteiger partial charge on any atom is 0.407 e. The molecule has 0 aromatic heterocycles. The van der Waals surface area contributed by atoms with E-state index in [9.17, 15) is 9.90 Å². The van der Waals surface area contributed by atoms with E-state index in [1.165, 1.54) is 0 Å². The molecule has 1 saturated carbocycles. The molecule has 0 aromatic carbocycles. The summed E-state index contributed by atoms with van der Waals surface area (Å²) in [5.74, 6) is 0.998. The molecule has 1 fully saturated rings. The maximum atomic E-state index is 11.6. The molecule has 4 nitrogen and oxygen atoms in total. The third-order valence-corrected chi connectivity index (χ3v) is 3.22. The molecule has 0 bridgehead atoms. The standard InChI is InChI=1S/C14H27NO3/c1-10-6-11(2)8-14(17,7-10)9-15-12(16)18-13(3,4)5/h10-11,17H,6-9H2,1-5H3,(H,15,16). The van der Waals surface area contributed by atoms with Gasteiger partial charge in [0, 0.05) is 6.54 Å². The second-order valence-electron chi connectivity index (χ2n) is 6.93. The Kier molecular flexibility index (Phi) is 4.65. The molecule has 106 valence electrons. The monoisotopic (exact) mass is 257 g/mol. The molecule has 0 spiro atoms. The minimum Gasteiger partial charge on any atom is -0.444 e. The number of nitrogens with one attached hydrogen (secondary N) is 1. The predicted molar refractivity (Wildman–Crippen MR) is 71.4 cm³/mol. The molecule has 0 saturated heterocycles.